The van der Waals surface area contributed by atoms with Crippen LogP contribution in [-0.2, 0) is 21.2 Å². The summed E-state index contributed by atoms with van der Waals surface area (Å²) >= 11 is 1.55. The molecular formula is C14H22N4O3S2. The maximum Gasteiger partial charge on any atom is 0.236 e. The largest absolute Gasteiger partial charge is 0.348 e. The summed E-state index contributed by atoms with van der Waals surface area (Å²) < 4.78 is 24.3. The third-order valence-electron chi connectivity index (χ3n) is 4.59. The molecule has 7 nitrogen and oxygen atoms in total. The number of rotatable bonds is 4. The number of carbonyl (C=O) groups excluding carboxylic acids is 1. The molecule has 3 rings (SSSR count). The van der Waals surface area contributed by atoms with Gasteiger partial charge >= 0.3 is 0 Å². The molecule has 1 amide bonds. The van der Waals surface area contributed by atoms with Gasteiger partial charge in [-0.1, -0.05) is 0 Å². The van der Waals surface area contributed by atoms with E-state index in [-0.39, 0.29) is 36.0 Å². The van der Waals surface area contributed by atoms with Gasteiger partial charge in [-0.25, -0.2) is 13.4 Å². The summed E-state index contributed by atoms with van der Waals surface area (Å²) in [5.74, 6) is 0.335. The number of piperazine rings is 1. The average Bonchev–Trinajstić information content (AvgIpc) is 3.07. The molecule has 0 radical (unpaired) electrons. The van der Waals surface area contributed by atoms with Crippen LogP contribution in [0.5, 0.6) is 0 Å². The third kappa shape index (κ3) is 3.73. The van der Waals surface area contributed by atoms with Crippen LogP contribution in [0, 0.1) is 0 Å². The van der Waals surface area contributed by atoms with Crippen LogP contribution < -0.4 is 0 Å². The minimum absolute atomic E-state index is 0.0148. The Labute approximate surface area is 140 Å². The Kier molecular flexibility index (Phi) is 4.73. The number of hydrogen-bond acceptors (Lipinski definition) is 7. The van der Waals surface area contributed by atoms with Crippen molar-refractivity contribution in [2.45, 2.75) is 18.6 Å². The van der Waals surface area contributed by atoms with Crippen molar-refractivity contribution in [2.24, 2.45) is 0 Å². The van der Waals surface area contributed by atoms with Gasteiger partial charge in [0.05, 0.1) is 29.3 Å². The van der Waals surface area contributed by atoms with E-state index in [1.165, 1.54) is 0 Å². The molecule has 0 spiro atoms. The smallest absolute Gasteiger partial charge is 0.236 e. The number of nitrogens with zero attached hydrogens (tertiary/aromatic N) is 4. The van der Waals surface area contributed by atoms with Crippen LogP contribution in [0.15, 0.2) is 10.9 Å². The molecule has 0 N–H and O–H groups in total. The SMILES string of the molecule is CN(C)C(=O)CN1CCN(Cc2cscn2)[C@H]2CS(=O)(=O)C[C@H]21. The van der Waals surface area contributed by atoms with Crippen molar-refractivity contribution in [1.29, 1.82) is 0 Å². The highest BCUT2D eigenvalue weighted by Gasteiger charge is 2.46. The second-order valence-electron chi connectivity index (χ2n) is 6.42. The molecule has 2 fully saturated rings. The van der Waals surface area contributed by atoms with Crippen molar-refractivity contribution in [3.63, 3.8) is 0 Å². The van der Waals surface area contributed by atoms with Crippen LogP contribution >= 0.6 is 11.3 Å². The normalized spacial score (nSPS) is 27.7. The molecule has 0 aliphatic carbocycles. The molecule has 1 aromatic rings. The number of hydrogen-bond donors (Lipinski definition) is 0. The van der Waals surface area contributed by atoms with E-state index in [1.807, 2.05) is 10.3 Å². The van der Waals surface area contributed by atoms with E-state index >= 15 is 0 Å². The van der Waals surface area contributed by atoms with Crippen molar-refractivity contribution in [3.05, 3.63) is 16.6 Å². The first-order valence-electron chi connectivity index (χ1n) is 7.61. The molecule has 2 atom stereocenters. The van der Waals surface area contributed by atoms with Crippen molar-refractivity contribution in [3.8, 4) is 0 Å². The molecular weight excluding hydrogens is 336 g/mol. The first-order chi connectivity index (χ1) is 10.9. The highest BCUT2D eigenvalue weighted by Crippen LogP contribution is 2.28. The lowest BCUT2D eigenvalue weighted by Gasteiger charge is -2.43. The van der Waals surface area contributed by atoms with E-state index in [4.69, 9.17) is 0 Å². The maximum atomic E-state index is 12.1. The summed E-state index contributed by atoms with van der Waals surface area (Å²) in [6.07, 6.45) is 0. The molecule has 0 aromatic carbocycles. The first-order valence-corrected chi connectivity index (χ1v) is 10.4. The Balaban J connectivity index is 1.76. The van der Waals surface area contributed by atoms with Gasteiger partial charge in [-0.05, 0) is 0 Å². The lowest BCUT2D eigenvalue weighted by molar-refractivity contribution is -0.131. The van der Waals surface area contributed by atoms with E-state index in [2.05, 4.69) is 9.88 Å². The number of fused-ring (bicyclic) bond motifs is 1. The van der Waals surface area contributed by atoms with Gasteiger partial charge in [0.15, 0.2) is 9.84 Å². The van der Waals surface area contributed by atoms with E-state index in [9.17, 15) is 13.2 Å². The zero-order valence-corrected chi connectivity index (χ0v) is 15.0. The van der Waals surface area contributed by atoms with Crippen LogP contribution in [0.3, 0.4) is 0 Å². The summed E-state index contributed by atoms with van der Waals surface area (Å²) in [6.45, 7) is 2.43. The Bertz CT molecular complexity index is 660. The van der Waals surface area contributed by atoms with Crippen LogP contribution in [-0.4, -0.2) is 91.3 Å². The predicted molar refractivity (Wildman–Crippen MR) is 89.0 cm³/mol. The Morgan fingerprint density at radius 2 is 1.96 bits per heavy atom. The highest BCUT2D eigenvalue weighted by molar-refractivity contribution is 7.91. The lowest BCUT2D eigenvalue weighted by Crippen LogP contribution is -2.60. The molecule has 9 heteroatoms. The Morgan fingerprint density at radius 3 is 2.57 bits per heavy atom. The van der Waals surface area contributed by atoms with Gasteiger partial charge in [-0.15, -0.1) is 11.3 Å². The zero-order chi connectivity index (χ0) is 16.6. The summed E-state index contributed by atoms with van der Waals surface area (Å²) in [5.41, 5.74) is 2.78. The minimum atomic E-state index is -3.06. The molecule has 0 bridgehead atoms. The van der Waals surface area contributed by atoms with Crippen molar-refractivity contribution in [2.75, 3.05) is 45.2 Å². The van der Waals surface area contributed by atoms with E-state index in [0.29, 0.717) is 13.1 Å². The van der Waals surface area contributed by atoms with Gasteiger partial charge in [0.25, 0.3) is 0 Å². The number of thiazole rings is 1. The van der Waals surface area contributed by atoms with Gasteiger partial charge < -0.3 is 4.90 Å². The molecule has 2 aliphatic heterocycles. The molecule has 3 heterocycles. The van der Waals surface area contributed by atoms with Crippen molar-refractivity contribution >= 4 is 27.1 Å². The van der Waals surface area contributed by atoms with E-state index < -0.39 is 9.84 Å². The molecule has 0 saturated carbocycles. The number of amides is 1. The fraction of sp³-hybridized carbons (Fsp3) is 0.714. The Hall–Kier alpha value is -1.03. The average molecular weight is 358 g/mol. The predicted octanol–water partition coefficient (Wildman–Crippen LogP) is -0.485. The molecule has 128 valence electrons. The highest BCUT2D eigenvalue weighted by atomic mass is 32.2. The topological polar surface area (TPSA) is 73.8 Å². The fourth-order valence-corrected chi connectivity index (χ4v) is 5.92. The van der Waals surface area contributed by atoms with Gasteiger partial charge in [-0.2, -0.15) is 0 Å². The van der Waals surface area contributed by atoms with Crippen LogP contribution in [0.1, 0.15) is 5.69 Å². The second kappa shape index (κ2) is 6.46. The van der Waals surface area contributed by atoms with Crippen molar-refractivity contribution < 1.29 is 13.2 Å². The number of likely N-dealkylation sites (N-methyl/N-ethyl adjacent to an activating group) is 1. The summed E-state index contributed by atoms with van der Waals surface area (Å²) in [6, 6.07) is -0.151. The van der Waals surface area contributed by atoms with Gasteiger partial charge in [0.1, 0.15) is 0 Å². The lowest BCUT2D eigenvalue weighted by atomic mass is 10.0. The monoisotopic (exact) mass is 358 g/mol. The first kappa shape index (κ1) is 16.8. The fourth-order valence-electron chi connectivity index (χ4n) is 3.33. The Morgan fingerprint density at radius 1 is 1.30 bits per heavy atom. The zero-order valence-electron chi connectivity index (χ0n) is 13.4. The maximum absolute atomic E-state index is 12.1. The summed E-state index contributed by atoms with van der Waals surface area (Å²) in [4.78, 5) is 22.1. The number of aromatic nitrogens is 1. The van der Waals surface area contributed by atoms with E-state index in [0.717, 1.165) is 12.2 Å². The second-order valence-corrected chi connectivity index (χ2v) is 9.29. The molecule has 1 aromatic heterocycles. The molecule has 2 aliphatic rings. The van der Waals surface area contributed by atoms with Gasteiger partial charge in [0.2, 0.25) is 5.91 Å². The van der Waals surface area contributed by atoms with Crippen LogP contribution in [0.2, 0.25) is 0 Å². The molecule has 2 saturated heterocycles. The van der Waals surface area contributed by atoms with Gasteiger partial charge in [-0.3, -0.25) is 14.6 Å². The number of sulfone groups is 1. The molecule has 0 unspecified atom stereocenters. The summed E-state index contributed by atoms with van der Waals surface area (Å²) in [7, 11) is 0.396. The quantitative estimate of drug-likeness (QED) is 0.723. The minimum Gasteiger partial charge on any atom is -0.348 e. The number of carbonyl (C=O) groups is 1. The standard InChI is InChI=1S/C14H22N4O3S2/c1-16(2)14(19)6-18-4-3-17(5-11-7-22-10-15-11)12-8-23(20,21)9-13(12)18/h7,10,12-13H,3-6,8-9H2,1-2H3/t12-,13+/m0/s1. The van der Waals surface area contributed by atoms with Crippen LogP contribution in [0.4, 0.5) is 0 Å². The molecule has 23 heavy (non-hydrogen) atoms. The summed E-state index contributed by atoms with van der Waals surface area (Å²) in [5, 5.41) is 2.00. The van der Waals surface area contributed by atoms with Gasteiger partial charge in [0, 0.05) is 51.2 Å². The third-order valence-corrected chi connectivity index (χ3v) is 6.93. The van der Waals surface area contributed by atoms with Crippen LogP contribution in [0.25, 0.3) is 0 Å². The van der Waals surface area contributed by atoms with Crippen molar-refractivity contribution in [1.82, 2.24) is 19.7 Å². The van der Waals surface area contributed by atoms with E-state index in [1.54, 1.807) is 35.8 Å².